The predicted octanol–water partition coefficient (Wildman–Crippen LogP) is 2.68. The first-order valence-electron chi connectivity index (χ1n) is 6.25. The van der Waals surface area contributed by atoms with Gasteiger partial charge in [0.1, 0.15) is 0 Å². The molecule has 1 aliphatic rings. The van der Waals surface area contributed by atoms with Crippen molar-refractivity contribution < 1.29 is 5.11 Å². The molecule has 1 fully saturated rings. The molecule has 0 radical (unpaired) electrons. The van der Waals surface area contributed by atoms with Crippen LogP contribution in [-0.4, -0.2) is 20.3 Å². The van der Waals surface area contributed by atoms with Gasteiger partial charge in [0.15, 0.2) is 0 Å². The first kappa shape index (κ1) is 10.8. The van der Waals surface area contributed by atoms with Crippen molar-refractivity contribution in [3.63, 3.8) is 0 Å². The van der Waals surface area contributed by atoms with Crippen LogP contribution in [0.25, 0.3) is 11.0 Å². The van der Waals surface area contributed by atoms with Crippen molar-refractivity contribution >= 4 is 11.0 Å². The van der Waals surface area contributed by atoms with Crippen molar-refractivity contribution in [2.45, 2.75) is 44.8 Å². The van der Waals surface area contributed by atoms with Crippen molar-refractivity contribution in [3.05, 3.63) is 30.1 Å². The topological polar surface area (TPSA) is 38.0 Å². The molecule has 2 aromatic rings. The molecule has 0 saturated heterocycles. The van der Waals surface area contributed by atoms with E-state index in [2.05, 4.69) is 41.6 Å². The Kier molecular flexibility index (Phi) is 2.26. The third-order valence-electron chi connectivity index (χ3n) is 3.56. The van der Waals surface area contributed by atoms with Crippen LogP contribution in [0.5, 0.6) is 0 Å². The van der Waals surface area contributed by atoms with Gasteiger partial charge in [0.05, 0.1) is 23.0 Å². The molecule has 17 heavy (non-hydrogen) atoms. The molecular weight excluding hydrogens is 212 g/mol. The predicted molar refractivity (Wildman–Crippen MR) is 68.0 cm³/mol. The van der Waals surface area contributed by atoms with Gasteiger partial charge in [0.25, 0.3) is 0 Å². The van der Waals surface area contributed by atoms with E-state index in [1.165, 1.54) is 11.1 Å². The molecule has 90 valence electrons. The van der Waals surface area contributed by atoms with E-state index in [0.29, 0.717) is 6.04 Å². The Morgan fingerprint density at radius 2 is 2.18 bits per heavy atom. The van der Waals surface area contributed by atoms with Crippen LogP contribution in [-0.2, 0) is 6.42 Å². The van der Waals surface area contributed by atoms with Crippen LogP contribution < -0.4 is 0 Å². The summed E-state index contributed by atoms with van der Waals surface area (Å²) in [5.74, 6) is 0. The molecular formula is C14H18N2O. The molecule has 0 atom stereocenters. The van der Waals surface area contributed by atoms with Crippen molar-refractivity contribution in [1.29, 1.82) is 0 Å². The van der Waals surface area contributed by atoms with Crippen LogP contribution in [0.2, 0.25) is 0 Å². The molecule has 0 unspecified atom stereocenters. The number of nitrogens with zero attached hydrogens (tertiary/aromatic N) is 2. The zero-order valence-electron chi connectivity index (χ0n) is 10.3. The highest BCUT2D eigenvalue weighted by Crippen LogP contribution is 2.38. The number of hydrogen-bond acceptors (Lipinski definition) is 2. The Morgan fingerprint density at radius 1 is 1.41 bits per heavy atom. The molecule has 1 N–H and O–H groups in total. The average Bonchev–Trinajstić information content (AvgIpc) is 2.85. The Balaban J connectivity index is 1.97. The maximum absolute atomic E-state index is 9.92. The number of benzene rings is 1. The van der Waals surface area contributed by atoms with Gasteiger partial charge in [-0.25, -0.2) is 4.98 Å². The van der Waals surface area contributed by atoms with E-state index < -0.39 is 5.60 Å². The smallest absolute Gasteiger partial charge is 0.0960 e. The van der Waals surface area contributed by atoms with Gasteiger partial charge in [-0.15, -0.1) is 0 Å². The summed E-state index contributed by atoms with van der Waals surface area (Å²) in [6.07, 6.45) is 4.53. The fourth-order valence-electron chi connectivity index (χ4n) is 2.30. The third-order valence-corrected chi connectivity index (χ3v) is 3.56. The van der Waals surface area contributed by atoms with Crippen LogP contribution in [0.15, 0.2) is 24.5 Å². The second-order valence-corrected chi connectivity index (χ2v) is 5.47. The summed E-state index contributed by atoms with van der Waals surface area (Å²) in [7, 11) is 0. The fraction of sp³-hybridized carbons (Fsp3) is 0.500. The maximum Gasteiger partial charge on any atom is 0.0960 e. The van der Waals surface area contributed by atoms with E-state index in [-0.39, 0.29) is 0 Å². The quantitative estimate of drug-likeness (QED) is 0.880. The lowest BCUT2D eigenvalue weighted by molar-refractivity contribution is 0.151. The van der Waals surface area contributed by atoms with Gasteiger partial charge in [-0.05, 0) is 44.4 Å². The second kappa shape index (κ2) is 3.57. The molecule has 0 amide bonds. The minimum absolute atomic E-state index is 0.422. The highest BCUT2D eigenvalue weighted by atomic mass is 16.3. The first-order valence-corrected chi connectivity index (χ1v) is 6.25. The van der Waals surface area contributed by atoms with Gasteiger partial charge in [-0.1, -0.05) is 6.07 Å². The van der Waals surface area contributed by atoms with Gasteiger partial charge in [-0.2, -0.15) is 0 Å². The number of aromatic nitrogens is 2. The van der Waals surface area contributed by atoms with Gasteiger partial charge in [0.2, 0.25) is 0 Å². The van der Waals surface area contributed by atoms with E-state index in [0.717, 1.165) is 24.8 Å². The van der Waals surface area contributed by atoms with Crippen LogP contribution in [0.3, 0.4) is 0 Å². The zero-order chi connectivity index (χ0) is 12.0. The lowest BCUT2D eigenvalue weighted by Gasteiger charge is -2.09. The molecule has 0 spiro atoms. The summed E-state index contributed by atoms with van der Waals surface area (Å²) in [6, 6.07) is 6.76. The molecule has 1 aliphatic carbocycles. The molecule has 3 rings (SSSR count). The van der Waals surface area contributed by atoms with E-state index in [1.54, 1.807) is 0 Å². The van der Waals surface area contributed by atoms with E-state index >= 15 is 0 Å². The number of aliphatic hydroxyl groups is 1. The van der Waals surface area contributed by atoms with Gasteiger partial charge in [-0.3, -0.25) is 0 Å². The molecule has 1 saturated carbocycles. The second-order valence-electron chi connectivity index (χ2n) is 5.47. The van der Waals surface area contributed by atoms with E-state index in [9.17, 15) is 5.11 Å². The summed E-state index contributed by atoms with van der Waals surface area (Å²) in [5.41, 5.74) is 2.97. The minimum Gasteiger partial charge on any atom is -0.390 e. The Morgan fingerprint density at radius 3 is 2.82 bits per heavy atom. The van der Waals surface area contributed by atoms with Gasteiger partial charge in [0, 0.05) is 12.5 Å². The number of fused-ring (bicyclic) bond motifs is 1. The Labute approximate surface area is 101 Å². The molecule has 1 heterocycles. The minimum atomic E-state index is -0.422. The SMILES string of the molecule is CC(C)n1cnc2cc(CC3(O)CC3)ccc21. The van der Waals surface area contributed by atoms with E-state index in [4.69, 9.17) is 0 Å². The van der Waals surface area contributed by atoms with Crippen LogP contribution in [0.4, 0.5) is 0 Å². The fourth-order valence-corrected chi connectivity index (χ4v) is 2.30. The van der Waals surface area contributed by atoms with Gasteiger partial charge < -0.3 is 9.67 Å². The number of rotatable bonds is 3. The van der Waals surface area contributed by atoms with Gasteiger partial charge >= 0.3 is 0 Å². The van der Waals surface area contributed by atoms with E-state index in [1.807, 2.05) is 6.33 Å². The normalized spacial score (nSPS) is 17.9. The standard InChI is InChI=1S/C14H18N2O/c1-10(2)16-9-15-12-7-11(3-4-13(12)16)8-14(17)5-6-14/h3-4,7,9-10,17H,5-6,8H2,1-2H3. The summed E-state index contributed by atoms with van der Waals surface area (Å²) < 4.78 is 2.17. The molecule has 1 aromatic heterocycles. The number of hydrogen-bond donors (Lipinski definition) is 1. The third kappa shape index (κ3) is 1.95. The monoisotopic (exact) mass is 230 g/mol. The zero-order valence-corrected chi connectivity index (χ0v) is 10.3. The lowest BCUT2D eigenvalue weighted by atomic mass is 10.1. The largest absolute Gasteiger partial charge is 0.390 e. The van der Waals surface area contributed by atoms with Crippen molar-refractivity contribution in [3.8, 4) is 0 Å². The highest BCUT2D eigenvalue weighted by Gasteiger charge is 2.40. The summed E-state index contributed by atoms with van der Waals surface area (Å²) in [5, 5.41) is 9.92. The molecule has 1 aromatic carbocycles. The van der Waals surface area contributed by atoms with Crippen molar-refractivity contribution in [2.75, 3.05) is 0 Å². The first-order chi connectivity index (χ1) is 8.07. The molecule has 0 aliphatic heterocycles. The van der Waals surface area contributed by atoms with Crippen molar-refractivity contribution in [1.82, 2.24) is 9.55 Å². The Hall–Kier alpha value is -1.35. The van der Waals surface area contributed by atoms with Crippen LogP contribution >= 0.6 is 0 Å². The van der Waals surface area contributed by atoms with Crippen molar-refractivity contribution in [2.24, 2.45) is 0 Å². The molecule has 3 heteroatoms. The summed E-state index contributed by atoms with van der Waals surface area (Å²) in [4.78, 5) is 4.43. The molecule has 0 bridgehead atoms. The summed E-state index contributed by atoms with van der Waals surface area (Å²) in [6.45, 7) is 4.31. The maximum atomic E-state index is 9.92. The lowest BCUT2D eigenvalue weighted by Crippen LogP contribution is -2.10. The highest BCUT2D eigenvalue weighted by molar-refractivity contribution is 5.76. The van der Waals surface area contributed by atoms with Crippen LogP contribution in [0.1, 0.15) is 38.3 Å². The average molecular weight is 230 g/mol. The summed E-state index contributed by atoms with van der Waals surface area (Å²) >= 11 is 0. The number of imidazole rings is 1. The molecule has 3 nitrogen and oxygen atoms in total. The Bertz CT molecular complexity index is 552. The van der Waals surface area contributed by atoms with Crippen LogP contribution in [0, 0.1) is 0 Å².